The van der Waals surface area contributed by atoms with Crippen molar-refractivity contribution >= 4 is 5.91 Å². The molecule has 2 atom stereocenters. The van der Waals surface area contributed by atoms with Gasteiger partial charge in [-0.1, -0.05) is 27.7 Å². The molecule has 0 saturated carbocycles. The normalized spacial score (nSPS) is 21.9. The molecule has 0 radical (unpaired) electrons. The van der Waals surface area contributed by atoms with Crippen LogP contribution in [0.2, 0.25) is 0 Å². The molecule has 18 heavy (non-hydrogen) atoms. The van der Waals surface area contributed by atoms with Gasteiger partial charge in [0.25, 0.3) is 0 Å². The Bertz CT molecular complexity index is 263. The van der Waals surface area contributed by atoms with E-state index in [4.69, 9.17) is 5.73 Å². The average molecular weight is 254 g/mol. The predicted molar refractivity (Wildman–Crippen MR) is 76.2 cm³/mol. The molecular formula is C15H30N2O. The van der Waals surface area contributed by atoms with Crippen molar-refractivity contribution in [1.82, 2.24) is 4.90 Å². The summed E-state index contributed by atoms with van der Waals surface area (Å²) >= 11 is 0. The van der Waals surface area contributed by atoms with Crippen molar-refractivity contribution < 1.29 is 4.79 Å². The van der Waals surface area contributed by atoms with E-state index in [0.29, 0.717) is 42.7 Å². The molecule has 0 aliphatic carbocycles. The van der Waals surface area contributed by atoms with Crippen LogP contribution in [-0.2, 0) is 4.79 Å². The fourth-order valence-corrected chi connectivity index (χ4v) is 3.09. The van der Waals surface area contributed by atoms with E-state index in [1.165, 1.54) is 6.42 Å². The van der Waals surface area contributed by atoms with E-state index in [9.17, 15) is 4.79 Å². The quantitative estimate of drug-likeness (QED) is 0.792. The molecule has 1 fully saturated rings. The zero-order valence-electron chi connectivity index (χ0n) is 12.5. The van der Waals surface area contributed by atoms with Crippen LogP contribution in [0, 0.1) is 17.8 Å². The first-order valence-corrected chi connectivity index (χ1v) is 7.45. The highest BCUT2D eigenvalue weighted by Gasteiger charge is 2.31. The number of nitrogens with two attached hydrogens (primary N) is 1. The third kappa shape index (κ3) is 4.27. The van der Waals surface area contributed by atoms with Crippen LogP contribution < -0.4 is 5.73 Å². The van der Waals surface area contributed by atoms with Gasteiger partial charge in [-0.25, -0.2) is 0 Å². The Hall–Kier alpha value is -0.570. The standard InChI is InChI=1S/C15H30N2O/c1-11(2)8-13(10-16)9-15(18)17-7-5-6-14(17)12(3)4/h11-14H,5-10,16H2,1-4H3/t13-,14?/m0/s1. The molecule has 2 N–H and O–H groups in total. The summed E-state index contributed by atoms with van der Waals surface area (Å²) < 4.78 is 0. The second-order valence-electron chi connectivity index (χ2n) is 6.48. The third-order valence-corrected chi connectivity index (χ3v) is 3.99. The van der Waals surface area contributed by atoms with E-state index >= 15 is 0 Å². The minimum atomic E-state index is 0.322. The van der Waals surface area contributed by atoms with E-state index in [1.54, 1.807) is 0 Å². The second kappa shape index (κ2) is 7.13. The molecule has 1 unspecified atom stereocenters. The van der Waals surface area contributed by atoms with E-state index in [2.05, 4.69) is 32.6 Å². The molecule has 1 saturated heterocycles. The molecule has 1 aliphatic heterocycles. The number of nitrogens with zero attached hydrogens (tertiary/aromatic N) is 1. The van der Waals surface area contributed by atoms with Crippen molar-refractivity contribution in [3.63, 3.8) is 0 Å². The lowest BCUT2D eigenvalue weighted by Gasteiger charge is -2.29. The van der Waals surface area contributed by atoms with Gasteiger partial charge < -0.3 is 10.6 Å². The SMILES string of the molecule is CC(C)C[C@H](CN)CC(=O)N1CCCC1C(C)C. The molecule has 3 heteroatoms. The molecule has 0 bridgehead atoms. The van der Waals surface area contributed by atoms with Crippen molar-refractivity contribution in [2.45, 2.75) is 59.4 Å². The van der Waals surface area contributed by atoms with Crippen LogP contribution in [0.1, 0.15) is 53.4 Å². The van der Waals surface area contributed by atoms with Gasteiger partial charge in [0, 0.05) is 19.0 Å². The zero-order valence-corrected chi connectivity index (χ0v) is 12.5. The third-order valence-electron chi connectivity index (χ3n) is 3.99. The largest absolute Gasteiger partial charge is 0.339 e. The lowest BCUT2D eigenvalue weighted by molar-refractivity contribution is -0.133. The predicted octanol–water partition coefficient (Wildman–Crippen LogP) is 2.64. The minimum Gasteiger partial charge on any atom is -0.339 e. The summed E-state index contributed by atoms with van der Waals surface area (Å²) in [6.07, 6.45) is 4.02. The molecule has 106 valence electrons. The number of carbonyl (C=O) groups excluding carboxylic acids is 1. The first kappa shape index (κ1) is 15.5. The molecule has 0 aromatic rings. The van der Waals surface area contributed by atoms with Crippen LogP contribution in [0.5, 0.6) is 0 Å². The molecule has 0 aromatic carbocycles. The van der Waals surface area contributed by atoms with Crippen molar-refractivity contribution in [2.24, 2.45) is 23.5 Å². The van der Waals surface area contributed by atoms with Gasteiger partial charge >= 0.3 is 0 Å². The van der Waals surface area contributed by atoms with Gasteiger partial charge in [-0.2, -0.15) is 0 Å². The Labute approximate surface area is 112 Å². The lowest BCUT2D eigenvalue weighted by Crippen LogP contribution is -2.40. The number of hydrogen-bond donors (Lipinski definition) is 1. The summed E-state index contributed by atoms with van der Waals surface area (Å²) in [4.78, 5) is 14.5. The van der Waals surface area contributed by atoms with Gasteiger partial charge in [-0.3, -0.25) is 4.79 Å². The number of hydrogen-bond acceptors (Lipinski definition) is 2. The Balaban J connectivity index is 2.53. The molecule has 1 heterocycles. The van der Waals surface area contributed by atoms with Gasteiger partial charge in [-0.05, 0) is 43.6 Å². The topological polar surface area (TPSA) is 46.3 Å². The van der Waals surface area contributed by atoms with Crippen molar-refractivity contribution in [3.8, 4) is 0 Å². The van der Waals surface area contributed by atoms with E-state index in [-0.39, 0.29) is 0 Å². The minimum absolute atomic E-state index is 0.322. The maximum Gasteiger partial charge on any atom is 0.223 e. The summed E-state index contributed by atoms with van der Waals surface area (Å²) in [5, 5.41) is 0. The van der Waals surface area contributed by atoms with E-state index in [1.807, 2.05) is 0 Å². The maximum atomic E-state index is 12.4. The fourth-order valence-electron chi connectivity index (χ4n) is 3.09. The number of rotatable bonds is 6. The molecule has 1 rings (SSSR count). The highest BCUT2D eigenvalue weighted by Crippen LogP contribution is 2.26. The van der Waals surface area contributed by atoms with Gasteiger partial charge in [0.1, 0.15) is 0 Å². The molecule has 1 amide bonds. The van der Waals surface area contributed by atoms with Crippen molar-refractivity contribution in [1.29, 1.82) is 0 Å². The van der Waals surface area contributed by atoms with Gasteiger partial charge in [-0.15, -0.1) is 0 Å². The molecule has 3 nitrogen and oxygen atoms in total. The summed E-state index contributed by atoms with van der Waals surface area (Å²) in [7, 11) is 0. The molecule has 1 aliphatic rings. The van der Waals surface area contributed by atoms with Crippen LogP contribution in [0.4, 0.5) is 0 Å². The molecule has 0 spiro atoms. The van der Waals surface area contributed by atoms with Crippen LogP contribution in [0.3, 0.4) is 0 Å². The van der Waals surface area contributed by atoms with E-state index < -0.39 is 0 Å². The Kier molecular flexibility index (Phi) is 6.13. The summed E-state index contributed by atoms with van der Waals surface area (Å²) in [6.45, 7) is 10.4. The van der Waals surface area contributed by atoms with Crippen LogP contribution in [0.15, 0.2) is 0 Å². The molecule has 0 aromatic heterocycles. The van der Waals surface area contributed by atoms with Crippen LogP contribution in [-0.4, -0.2) is 29.9 Å². The lowest BCUT2D eigenvalue weighted by atomic mass is 9.93. The first-order valence-electron chi connectivity index (χ1n) is 7.45. The fraction of sp³-hybridized carbons (Fsp3) is 0.933. The second-order valence-corrected chi connectivity index (χ2v) is 6.48. The summed E-state index contributed by atoms with van der Waals surface area (Å²) in [5.41, 5.74) is 5.79. The van der Waals surface area contributed by atoms with Gasteiger partial charge in [0.2, 0.25) is 5.91 Å². The molecular weight excluding hydrogens is 224 g/mol. The summed E-state index contributed by atoms with van der Waals surface area (Å²) in [6, 6.07) is 0.454. The Morgan fingerprint density at radius 3 is 2.50 bits per heavy atom. The maximum absolute atomic E-state index is 12.4. The highest BCUT2D eigenvalue weighted by molar-refractivity contribution is 5.77. The smallest absolute Gasteiger partial charge is 0.223 e. The van der Waals surface area contributed by atoms with Crippen LogP contribution in [0.25, 0.3) is 0 Å². The highest BCUT2D eigenvalue weighted by atomic mass is 16.2. The average Bonchev–Trinajstić information content (AvgIpc) is 2.76. The number of carbonyl (C=O) groups is 1. The van der Waals surface area contributed by atoms with Crippen molar-refractivity contribution in [3.05, 3.63) is 0 Å². The number of likely N-dealkylation sites (tertiary alicyclic amines) is 1. The monoisotopic (exact) mass is 254 g/mol. The van der Waals surface area contributed by atoms with Crippen molar-refractivity contribution in [2.75, 3.05) is 13.1 Å². The van der Waals surface area contributed by atoms with Crippen LogP contribution >= 0.6 is 0 Å². The number of amides is 1. The van der Waals surface area contributed by atoms with Gasteiger partial charge in [0.15, 0.2) is 0 Å². The zero-order chi connectivity index (χ0) is 13.7. The Morgan fingerprint density at radius 2 is 2.00 bits per heavy atom. The van der Waals surface area contributed by atoms with Gasteiger partial charge in [0.05, 0.1) is 0 Å². The van der Waals surface area contributed by atoms with E-state index in [0.717, 1.165) is 19.4 Å². The first-order chi connectivity index (χ1) is 8.45. The summed E-state index contributed by atoms with van der Waals surface area (Å²) in [5.74, 6) is 1.86. The Morgan fingerprint density at radius 1 is 1.33 bits per heavy atom.